The van der Waals surface area contributed by atoms with E-state index in [0.29, 0.717) is 12.2 Å². The van der Waals surface area contributed by atoms with E-state index < -0.39 is 0 Å². The van der Waals surface area contributed by atoms with Crippen LogP contribution in [0.5, 0.6) is 0 Å². The van der Waals surface area contributed by atoms with Gasteiger partial charge in [-0.2, -0.15) is 0 Å². The zero-order valence-corrected chi connectivity index (χ0v) is 10.3. The summed E-state index contributed by atoms with van der Waals surface area (Å²) in [7, 11) is 0. The SMILES string of the molecule is NC(=S)c1cc(F)ccc1N1CCCOCC1. The molecule has 0 aliphatic carbocycles. The number of halogens is 1. The van der Waals surface area contributed by atoms with Gasteiger partial charge in [0.2, 0.25) is 0 Å². The third kappa shape index (κ3) is 2.92. The number of hydrogen-bond donors (Lipinski definition) is 1. The number of anilines is 1. The molecule has 0 spiro atoms. The summed E-state index contributed by atoms with van der Waals surface area (Å²) in [6.45, 7) is 3.09. The van der Waals surface area contributed by atoms with Gasteiger partial charge < -0.3 is 15.4 Å². The summed E-state index contributed by atoms with van der Waals surface area (Å²) in [6.07, 6.45) is 0.953. The van der Waals surface area contributed by atoms with Crippen molar-refractivity contribution in [2.75, 3.05) is 31.2 Å². The number of ether oxygens (including phenoxy) is 1. The average molecular weight is 254 g/mol. The van der Waals surface area contributed by atoms with Crippen LogP contribution >= 0.6 is 12.2 Å². The van der Waals surface area contributed by atoms with Crippen molar-refractivity contribution in [2.45, 2.75) is 6.42 Å². The first-order valence-corrected chi connectivity index (χ1v) is 6.01. The highest BCUT2D eigenvalue weighted by Crippen LogP contribution is 2.22. The van der Waals surface area contributed by atoms with Crippen LogP contribution in [0.3, 0.4) is 0 Å². The van der Waals surface area contributed by atoms with E-state index >= 15 is 0 Å². The summed E-state index contributed by atoms with van der Waals surface area (Å²) in [5.74, 6) is -0.317. The monoisotopic (exact) mass is 254 g/mol. The molecule has 1 aromatic carbocycles. The Morgan fingerprint density at radius 2 is 2.18 bits per heavy atom. The molecule has 1 saturated heterocycles. The minimum atomic E-state index is -0.317. The predicted molar refractivity (Wildman–Crippen MR) is 69.9 cm³/mol. The second kappa shape index (κ2) is 5.42. The normalized spacial score (nSPS) is 16.6. The summed E-state index contributed by atoms with van der Waals surface area (Å²) in [5, 5.41) is 0. The van der Waals surface area contributed by atoms with Gasteiger partial charge in [0.05, 0.1) is 6.61 Å². The summed E-state index contributed by atoms with van der Waals surface area (Å²) >= 11 is 4.97. The third-order valence-electron chi connectivity index (χ3n) is 2.79. The largest absolute Gasteiger partial charge is 0.389 e. The molecule has 0 amide bonds. The fourth-order valence-electron chi connectivity index (χ4n) is 1.97. The van der Waals surface area contributed by atoms with Crippen LogP contribution in [0.25, 0.3) is 0 Å². The highest BCUT2D eigenvalue weighted by Gasteiger charge is 2.15. The molecule has 92 valence electrons. The topological polar surface area (TPSA) is 38.5 Å². The zero-order chi connectivity index (χ0) is 12.3. The maximum atomic E-state index is 13.2. The van der Waals surface area contributed by atoms with E-state index in [0.717, 1.165) is 31.8 Å². The van der Waals surface area contributed by atoms with Gasteiger partial charge in [-0.3, -0.25) is 0 Å². The molecule has 3 nitrogen and oxygen atoms in total. The van der Waals surface area contributed by atoms with Gasteiger partial charge in [-0.25, -0.2) is 4.39 Å². The van der Waals surface area contributed by atoms with Gasteiger partial charge in [-0.15, -0.1) is 0 Å². The van der Waals surface area contributed by atoms with Crippen LogP contribution in [0.1, 0.15) is 12.0 Å². The smallest absolute Gasteiger partial charge is 0.124 e. The number of nitrogens with zero attached hydrogens (tertiary/aromatic N) is 1. The lowest BCUT2D eigenvalue weighted by Gasteiger charge is -2.24. The molecule has 0 saturated carbocycles. The fourth-order valence-corrected chi connectivity index (χ4v) is 2.13. The summed E-state index contributed by atoms with van der Waals surface area (Å²) in [5.41, 5.74) is 7.13. The van der Waals surface area contributed by atoms with E-state index in [9.17, 15) is 4.39 Å². The lowest BCUT2D eigenvalue weighted by Crippen LogP contribution is -2.28. The maximum absolute atomic E-state index is 13.2. The molecule has 2 rings (SSSR count). The van der Waals surface area contributed by atoms with Crippen molar-refractivity contribution in [3.05, 3.63) is 29.6 Å². The first kappa shape index (κ1) is 12.3. The number of hydrogen-bond acceptors (Lipinski definition) is 3. The van der Waals surface area contributed by atoms with Gasteiger partial charge >= 0.3 is 0 Å². The van der Waals surface area contributed by atoms with Gasteiger partial charge in [0.1, 0.15) is 10.8 Å². The van der Waals surface area contributed by atoms with Crippen molar-refractivity contribution in [3.8, 4) is 0 Å². The van der Waals surface area contributed by atoms with E-state index in [4.69, 9.17) is 22.7 Å². The summed E-state index contributed by atoms with van der Waals surface area (Å²) in [6, 6.07) is 4.56. The number of thiocarbonyl (C=S) groups is 1. The Morgan fingerprint density at radius 1 is 1.35 bits per heavy atom. The quantitative estimate of drug-likeness (QED) is 0.815. The van der Waals surface area contributed by atoms with Gasteiger partial charge in [0.25, 0.3) is 0 Å². The lowest BCUT2D eigenvalue weighted by atomic mass is 10.1. The molecule has 17 heavy (non-hydrogen) atoms. The third-order valence-corrected chi connectivity index (χ3v) is 3.01. The lowest BCUT2D eigenvalue weighted by molar-refractivity contribution is 0.152. The molecule has 0 atom stereocenters. The van der Waals surface area contributed by atoms with Gasteiger partial charge in [0, 0.05) is 30.9 Å². The van der Waals surface area contributed by atoms with Crippen molar-refractivity contribution >= 4 is 22.9 Å². The molecule has 2 N–H and O–H groups in total. The summed E-state index contributed by atoms with van der Waals surface area (Å²) in [4.78, 5) is 2.37. The molecule has 0 aromatic heterocycles. The molecule has 5 heteroatoms. The van der Waals surface area contributed by atoms with E-state index in [1.165, 1.54) is 12.1 Å². The Labute approximate surface area is 105 Å². The molecule has 0 radical (unpaired) electrons. The van der Waals surface area contributed by atoms with Crippen molar-refractivity contribution in [1.82, 2.24) is 0 Å². The highest BCUT2D eigenvalue weighted by atomic mass is 32.1. The van der Waals surface area contributed by atoms with E-state index in [1.54, 1.807) is 6.07 Å². The van der Waals surface area contributed by atoms with Crippen LogP contribution in [-0.4, -0.2) is 31.3 Å². The van der Waals surface area contributed by atoms with Crippen LogP contribution in [0.4, 0.5) is 10.1 Å². The molecule has 0 unspecified atom stereocenters. The molecule has 0 bridgehead atoms. The standard InChI is InChI=1S/C12H15FN2OS/c13-9-2-3-11(10(8-9)12(14)17)15-4-1-6-16-7-5-15/h2-3,8H,1,4-7H2,(H2,14,17). The molecule has 1 heterocycles. The number of benzene rings is 1. The molecular weight excluding hydrogens is 239 g/mol. The minimum absolute atomic E-state index is 0.227. The van der Waals surface area contributed by atoms with Gasteiger partial charge in [0.15, 0.2) is 0 Å². The molecule has 1 fully saturated rings. The molecular formula is C12H15FN2OS. The van der Waals surface area contributed by atoms with Crippen molar-refractivity contribution < 1.29 is 9.13 Å². The van der Waals surface area contributed by atoms with Gasteiger partial charge in [-0.05, 0) is 24.6 Å². The average Bonchev–Trinajstić information content (AvgIpc) is 2.57. The molecule has 1 aromatic rings. The first-order valence-electron chi connectivity index (χ1n) is 5.60. The number of nitrogens with two attached hydrogens (primary N) is 1. The van der Waals surface area contributed by atoms with Crippen molar-refractivity contribution in [2.24, 2.45) is 5.73 Å². The second-order valence-corrected chi connectivity index (χ2v) is 4.42. The maximum Gasteiger partial charge on any atom is 0.124 e. The van der Waals surface area contributed by atoms with Crippen LogP contribution in [0.2, 0.25) is 0 Å². The van der Waals surface area contributed by atoms with Crippen molar-refractivity contribution in [3.63, 3.8) is 0 Å². The minimum Gasteiger partial charge on any atom is -0.389 e. The highest BCUT2D eigenvalue weighted by molar-refractivity contribution is 7.80. The Balaban J connectivity index is 2.32. The van der Waals surface area contributed by atoms with Gasteiger partial charge in [-0.1, -0.05) is 12.2 Å². The van der Waals surface area contributed by atoms with Crippen LogP contribution in [-0.2, 0) is 4.74 Å². The summed E-state index contributed by atoms with van der Waals surface area (Å²) < 4.78 is 18.6. The Hall–Kier alpha value is -1.20. The number of rotatable bonds is 2. The van der Waals surface area contributed by atoms with Crippen LogP contribution in [0.15, 0.2) is 18.2 Å². The van der Waals surface area contributed by atoms with Crippen molar-refractivity contribution in [1.29, 1.82) is 0 Å². The zero-order valence-electron chi connectivity index (χ0n) is 9.49. The van der Waals surface area contributed by atoms with E-state index in [2.05, 4.69) is 4.90 Å². The van der Waals surface area contributed by atoms with E-state index in [1.807, 2.05) is 0 Å². The Bertz CT molecular complexity index is 417. The molecule has 1 aliphatic rings. The molecule has 1 aliphatic heterocycles. The first-order chi connectivity index (χ1) is 8.18. The predicted octanol–water partition coefficient (Wildman–Crippen LogP) is 1.69. The van der Waals surface area contributed by atoms with E-state index in [-0.39, 0.29) is 10.8 Å². The van der Waals surface area contributed by atoms with Crippen LogP contribution < -0.4 is 10.6 Å². The fraction of sp³-hybridized carbons (Fsp3) is 0.417. The Kier molecular flexibility index (Phi) is 3.91. The second-order valence-electron chi connectivity index (χ2n) is 3.98. The van der Waals surface area contributed by atoms with Crippen LogP contribution in [0, 0.1) is 5.82 Å². The Morgan fingerprint density at radius 3 is 2.94 bits per heavy atom.